The number of aromatic nitrogens is 2. The van der Waals surface area contributed by atoms with Crippen molar-refractivity contribution in [2.24, 2.45) is 0 Å². The predicted octanol–water partition coefficient (Wildman–Crippen LogP) is 3.55. The summed E-state index contributed by atoms with van der Waals surface area (Å²) in [5.41, 5.74) is 1.88. The number of hydrogen-bond acceptors (Lipinski definition) is 5. The van der Waals surface area contributed by atoms with Crippen molar-refractivity contribution in [2.75, 3.05) is 19.5 Å². The summed E-state index contributed by atoms with van der Waals surface area (Å²) in [5.74, 6) is 0.245. The molecule has 0 aliphatic rings. The number of ether oxygens (including phenoxy) is 2. The van der Waals surface area contributed by atoms with Crippen LogP contribution in [0, 0.1) is 0 Å². The van der Waals surface area contributed by atoms with E-state index in [0.717, 1.165) is 0 Å². The minimum Gasteiger partial charge on any atom is -0.495 e. The molecule has 2 aromatic carbocycles. The van der Waals surface area contributed by atoms with Crippen LogP contribution in [0.2, 0.25) is 5.02 Å². The lowest BCUT2D eigenvalue weighted by Gasteiger charge is -2.10. The first-order chi connectivity index (χ1) is 11.6. The molecular weight excluding hydrogens is 330 g/mol. The molecule has 0 radical (unpaired) electrons. The Balaban J connectivity index is 1.94. The molecule has 0 aliphatic heterocycles. The topological polar surface area (TPSA) is 73.3 Å². The van der Waals surface area contributed by atoms with Gasteiger partial charge in [0.1, 0.15) is 5.75 Å². The molecule has 0 atom stereocenters. The van der Waals surface area contributed by atoms with Crippen LogP contribution in [0.3, 0.4) is 0 Å². The van der Waals surface area contributed by atoms with Crippen molar-refractivity contribution in [2.45, 2.75) is 0 Å². The molecule has 1 heterocycles. The molecule has 0 saturated carbocycles. The highest BCUT2D eigenvalue weighted by Gasteiger charge is 2.18. The van der Waals surface area contributed by atoms with Gasteiger partial charge in [-0.15, -0.1) is 0 Å². The molecule has 3 aromatic rings. The SMILES string of the molecule is COc1ccc(NC(=O)c2nc3ccccc3nc2OC)cc1Cl. The Kier molecular flexibility index (Phi) is 4.48. The van der Waals surface area contributed by atoms with E-state index in [1.165, 1.54) is 14.2 Å². The molecule has 0 fully saturated rings. The second-order valence-electron chi connectivity index (χ2n) is 4.87. The van der Waals surface area contributed by atoms with Crippen LogP contribution in [0.4, 0.5) is 5.69 Å². The number of nitrogens with zero attached hydrogens (tertiary/aromatic N) is 2. The standard InChI is InChI=1S/C17H14ClN3O3/c1-23-14-8-7-10(9-11(14)18)19-16(22)15-17(24-2)21-13-6-4-3-5-12(13)20-15/h3-9H,1-2H3,(H,19,22). The van der Waals surface area contributed by atoms with E-state index in [1.807, 2.05) is 12.1 Å². The minimum absolute atomic E-state index is 0.100. The number of hydrogen-bond donors (Lipinski definition) is 1. The van der Waals surface area contributed by atoms with Gasteiger partial charge in [0, 0.05) is 5.69 Å². The van der Waals surface area contributed by atoms with Gasteiger partial charge in [-0.1, -0.05) is 23.7 Å². The van der Waals surface area contributed by atoms with Gasteiger partial charge in [0.25, 0.3) is 5.91 Å². The number of benzene rings is 2. The van der Waals surface area contributed by atoms with Crippen LogP contribution in [-0.2, 0) is 0 Å². The Hall–Kier alpha value is -2.86. The van der Waals surface area contributed by atoms with Crippen LogP contribution in [-0.4, -0.2) is 30.1 Å². The van der Waals surface area contributed by atoms with Gasteiger partial charge in [0.15, 0.2) is 5.69 Å². The van der Waals surface area contributed by atoms with Crippen LogP contribution >= 0.6 is 11.6 Å². The lowest BCUT2D eigenvalue weighted by molar-refractivity contribution is 0.101. The number of anilines is 1. The first-order valence-corrected chi connectivity index (χ1v) is 7.46. The number of methoxy groups -OCH3 is 2. The molecule has 1 aromatic heterocycles. The van der Waals surface area contributed by atoms with E-state index in [9.17, 15) is 4.79 Å². The second kappa shape index (κ2) is 6.72. The van der Waals surface area contributed by atoms with Gasteiger partial charge in [-0.25, -0.2) is 9.97 Å². The van der Waals surface area contributed by atoms with Crippen LogP contribution in [0.1, 0.15) is 10.5 Å². The molecule has 24 heavy (non-hydrogen) atoms. The Labute approximate surface area is 143 Å². The van der Waals surface area contributed by atoms with Crippen LogP contribution in [0.5, 0.6) is 11.6 Å². The highest BCUT2D eigenvalue weighted by atomic mass is 35.5. The number of carbonyl (C=O) groups excluding carboxylic acids is 1. The molecule has 3 rings (SSSR count). The summed E-state index contributed by atoms with van der Waals surface area (Å²) in [6.07, 6.45) is 0. The fourth-order valence-electron chi connectivity index (χ4n) is 2.21. The van der Waals surface area contributed by atoms with Crippen molar-refractivity contribution in [3.05, 3.63) is 53.2 Å². The molecule has 0 unspecified atom stereocenters. The third-order valence-corrected chi connectivity index (χ3v) is 3.65. The summed E-state index contributed by atoms with van der Waals surface area (Å²) in [7, 11) is 2.97. The van der Waals surface area contributed by atoms with Crippen molar-refractivity contribution in [1.29, 1.82) is 0 Å². The summed E-state index contributed by atoms with van der Waals surface area (Å²) in [5, 5.41) is 3.12. The Morgan fingerprint density at radius 3 is 2.38 bits per heavy atom. The Bertz CT molecular complexity index is 915. The zero-order chi connectivity index (χ0) is 17.1. The van der Waals surface area contributed by atoms with E-state index in [2.05, 4.69) is 15.3 Å². The fourth-order valence-corrected chi connectivity index (χ4v) is 2.47. The number of carbonyl (C=O) groups is 1. The number of rotatable bonds is 4. The molecule has 0 bridgehead atoms. The van der Waals surface area contributed by atoms with Gasteiger partial charge in [-0.3, -0.25) is 4.79 Å². The number of para-hydroxylation sites is 2. The monoisotopic (exact) mass is 343 g/mol. The maximum absolute atomic E-state index is 12.5. The number of fused-ring (bicyclic) bond motifs is 1. The smallest absolute Gasteiger partial charge is 0.279 e. The van der Waals surface area contributed by atoms with Gasteiger partial charge in [-0.05, 0) is 30.3 Å². The second-order valence-corrected chi connectivity index (χ2v) is 5.28. The third kappa shape index (κ3) is 3.09. The van der Waals surface area contributed by atoms with Crippen LogP contribution in [0.25, 0.3) is 11.0 Å². The summed E-state index contributed by atoms with van der Waals surface area (Å²) in [6.45, 7) is 0. The van der Waals surface area contributed by atoms with Crippen molar-refractivity contribution < 1.29 is 14.3 Å². The minimum atomic E-state index is -0.439. The first-order valence-electron chi connectivity index (χ1n) is 7.08. The summed E-state index contributed by atoms with van der Waals surface area (Å²) in [4.78, 5) is 21.2. The first kappa shape index (κ1) is 16.0. The zero-order valence-corrected chi connectivity index (χ0v) is 13.8. The predicted molar refractivity (Wildman–Crippen MR) is 92.0 cm³/mol. The lowest BCUT2D eigenvalue weighted by atomic mass is 10.2. The normalized spacial score (nSPS) is 10.5. The van der Waals surface area contributed by atoms with Crippen molar-refractivity contribution in [1.82, 2.24) is 9.97 Å². The average Bonchev–Trinajstić information content (AvgIpc) is 2.60. The van der Waals surface area contributed by atoms with Gasteiger partial charge in [0.2, 0.25) is 5.88 Å². The molecular formula is C17H14ClN3O3. The largest absolute Gasteiger partial charge is 0.495 e. The molecule has 0 spiro atoms. The summed E-state index contributed by atoms with van der Waals surface area (Å²) < 4.78 is 10.3. The van der Waals surface area contributed by atoms with Crippen molar-refractivity contribution in [3.63, 3.8) is 0 Å². The van der Waals surface area contributed by atoms with Gasteiger partial charge < -0.3 is 14.8 Å². The van der Waals surface area contributed by atoms with E-state index in [4.69, 9.17) is 21.1 Å². The lowest BCUT2D eigenvalue weighted by Crippen LogP contribution is -2.16. The van der Waals surface area contributed by atoms with E-state index >= 15 is 0 Å². The zero-order valence-electron chi connectivity index (χ0n) is 13.0. The Morgan fingerprint density at radius 1 is 1.04 bits per heavy atom. The van der Waals surface area contributed by atoms with Crippen LogP contribution in [0.15, 0.2) is 42.5 Å². The number of nitrogens with one attached hydrogen (secondary N) is 1. The van der Waals surface area contributed by atoms with Crippen molar-refractivity contribution in [3.8, 4) is 11.6 Å². The fraction of sp³-hybridized carbons (Fsp3) is 0.118. The highest BCUT2D eigenvalue weighted by molar-refractivity contribution is 6.32. The molecule has 0 saturated heterocycles. The molecule has 7 heteroatoms. The Morgan fingerprint density at radius 2 is 1.75 bits per heavy atom. The van der Waals surface area contributed by atoms with Crippen molar-refractivity contribution >= 4 is 34.2 Å². The number of amides is 1. The molecule has 6 nitrogen and oxygen atoms in total. The maximum atomic E-state index is 12.5. The van der Waals surface area contributed by atoms with E-state index in [0.29, 0.717) is 27.5 Å². The summed E-state index contributed by atoms with van der Waals surface area (Å²) >= 11 is 6.07. The summed E-state index contributed by atoms with van der Waals surface area (Å²) in [6, 6.07) is 12.2. The van der Waals surface area contributed by atoms with E-state index in [1.54, 1.807) is 30.3 Å². The molecule has 1 N–H and O–H groups in total. The van der Waals surface area contributed by atoms with E-state index in [-0.39, 0.29) is 11.6 Å². The van der Waals surface area contributed by atoms with Gasteiger partial charge >= 0.3 is 0 Å². The van der Waals surface area contributed by atoms with Gasteiger partial charge in [-0.2, -0.15) is 0 Å². The molecule has 0 aliphatic carbocycles. The average molecular weight is 344 g/mol. The van der Waals surface area contributed by atoms with E-state index < -0.39 is 5.91 Å². The maximum Gasteiger partial charge on any atom is 0.279 e. The third-order valence-electron chi connectivity index (χ3n) is 3.36. The number of halogens is 1. The van der Waals surface area contributed by atoms with Crippen LogP contribution < -0.4 is 14.8 Å². The molecule has 1 amide bonds. The quantitative estimate of drug-likeness (QED) is 0.784. The van der Waals surface area contributed by atoms with Gasteiger partial charge in [0.05, 0.1) is 30.3 Å². The highest BCUT2D eigenvalue weighted by Crippen LogP contribution is 2.28. The molecule has 122 valence electrons.